The first-order valence-corrected chi connectivity index (χ1v) is 12.3. The molecule has 0 bridgehead atoms. The third-order valence-electron chi connectivity index (χ3n) is 5.76. The molecule has 0 aliphatic carbocycles. The molecule has 1 saturated heterocycles. The predicted octanol–water partition coefficient (Wildman–Crippen LogP) is 3.48. The minimum Gasteiger partial charge on any atom is -0.386 e. The highest BCUT2D eigenvalue weighted by molar-refractivity contribution is 7.92. The number of piperidine rings is 1. The fraction of sp³-hybridized carbons (Fsp3) is 0.440. The van der Waals surface area contributed by atoms with Crippen molar-refractivity contribution in [3.8, 4) is 11.8 Å². The predicted molar refractivity (Wildman–Crippen MR) is 124 cm³/mol. The number of rotatable bonds is 5. The number of benzene rings is 2. The van der Waals surface area contributed by atoms with Crippen molar-refractivity contribution in [2.75, 3.05) is 18.0 Å². The molecule has 166 valence electrons. The highest BCUT2D eigenvalue weighted by atomic mass is 32.2. The summed E-state index contributed by atoms with van der Waals surface area (Å²) in [6.45, 7) is 6.51. The lowest BCUT2D eigenvalue weighted by molar-refractivity contribution is 0.0786. The van der Waals surface area contributed by atoms with Crippen LogP contribution in [0.3, 0.4) is 0 Å². The minimum atomic E-state index is -3.35. The molecule has 1 atom stereocenters. The summed E-state index contributed by atoms with van der Waals surface area (Å²) in [7, 11) is -3.35. The molecule has 2 aromatic carbocycles. The van der Waals surface area contributed by atoms with Crippen molar-refractivity contribution in [2.45, 2.75) is 61.9 Å². The molecule has 5 nitrogen and oxygen atoms in total. The van der Waals surface area contributed by atoms with Gasteiger partial charge in [-0.25, -0.2) is 8.42 Å². The van der Waals surface area contributed by atoms with Crippen LogP contribution < -0.4 is 4.90 Å². The average Bonchev–Trinajstić information content (AvgIpc) is 2.77. The Morgan fingerprint density at radius 1 is 1.13 bits per heavy atom. The lowest BCUT2D eigenvalue weighted by Gasteiger charge is -2.34. The molecule has 0 saturated carbocycles. The Kier molecular flexibility index (Phi) is 7.10. The van der Waals surface area contributed by atoms with Crippen LogP contribution >= 0.6 is 0 Å². The molecule has 0 spiro atoms. The van der Waals surface area contributed by atoms with Gasteiger partial charge >= 0.3 is 0 Å². The summed E-state index contributed by atoms with van der Waals surface area (Å²) < 4.78 is 25.9. The zero-order valence-electron chi connectivity index (χ0n) is 18.4. The van der Waals surface area contributed by atoms with Crippen LogP contribution in [-0.2, 0) is 15.4 Å². The Bertz CT molecular complexity index is 1050. The van der Waals surface area contributed by atoms with Gasteiger partial charge in [0, 0.05) is 18.7 Å². The minimum absolute atomic E-state index is 0.378. The van der Waals surface area contributed by atoms with Gasteiger partial charge in [0.15, 0.2) is 9.84 Å². The number of hydrogen-bond acceptors (Lipinski definition) is 5. The molecule has 2 aromatic rings. The Hall–Kier alpha value is -2.33. The molecule has 0 amide bonds. The van der Waals surface area contributed by atoms with Crippen molar-refractivity contribution in [3.05, 3.63) is 59.7 Å². The van der Waals surface area contributed by atoms with Crippen molar-refractivity contribution in [3.63, 3.8) is 0 Å². The van der Waals surface area contributed by atoms with E-state index < -0.39 is 26.8 Å². The lowest BCUT2D eigenvalue weighted by Crippen LogP contribution is -2.39. The van der Waals surface area contributed by atoms with Crippen LogP contribution in [-0.4, -0.2) is 43.1 Å². The van der Waals surface area contributed by atoms with Crippen LogP contribution in [0.15, 0.2) is 53.4 Å². The monoisotopic (exact) mass is 441 g/mol. The van der Waals surface area contributed by atoms with Crippen LogP contribution in [0.25, 0.3) is 0 Å². The molecule has 31 heavy (non-hydrogen) atoms. The van der Waals surface area contributed by atoms with E-state index in [-0.39, 0.29) is 0 Å². The van der Waals surface area contributed by atoms with Crippen molar-refractivity contribution < 1.29 is 18.6 Å². The molecule has 2 N–H and O–H groups in total. The topological polar surface area (TPSA) is 77.8 Å². The van der Waals surface area contributed by atoms with Crippen molar-refractivity contribution >= 4 is 15.5 Å². The maximum atomic E-state index is 13.0. The van der Waals surface area contributed by atoms with Crippen LogP contribution in [0.4, 0.5) is 5.69 Å². The Morgan fingerprint density at radius 2 is 1.77 bits per heavy atom. The molecule has 0 aromatic heterocycles. The quantitative estimate of drug-likeness (QED) is 0.695. The third-order valence-corrected chi connectivity index (χ3v) is 8.03. The summed E-state index contributed by atoms with van der Waals surface area (Å²) >= 11 is 0. The molecule has 1 unspecified atom stereocenters. The number of nitrogens with zero attached hydrogens (tertiary/aromatic N) is 1. The molecule has 1 heterocycles. The summed E-state index contributed by atoms with van der Waals surface area (Å²) in [6.07, 6.45) is 0.903. The maximum absolute atomic E-state index is 13.0. The highest BCUT2D eigenvalue weighted by Gasteiger charge is 2.32. The summed E-state index contributed by atoms with van der Waals surface area (Å²) in [5.74, 6) is 5.93. The van der Waals surface area contributed by atoms with Gasteiger partial charge in [0.2, 0.25) is 0 Å². The Morgan fingerprint density at radius 3 is 2.35 bits per heavy atom. The Labute approximate surface area is 185 Å². The first-order valence-electron chi connectivity index (χ1n) is 10.7. The van der Waals surface area contributed by atoms with E-state index in [9.17, 15) is 18.6 Å². The number of anilines is 1. The number of hydrogen-bond donors (Lipinski definition) is 2. The molecule has 6 heteroatoms. The van der Waals surface area contributed by atoms with Crippen LogP contribution in [0.5, 0.6) is 0 Å². The van der Waals surface area contributed by atoms with Gasteiger partial charge in [-0.2, -0.15) is 0 Å². The van der Waals surface area contributed by atoms with E-state index >= 15 is 0 Å². The summed E-state index contributed by atoms with van der Waals surface area (Å²) in [4.78, 5) is 2.52. The summed E-state index contributed by atoms with van der Waals surface area (Å²) in [6, 6.07) is 14.3. The van der Waals surface area contributed by atoms with Gasteiger partial charge in [-0.3, -0.25) is 0 Å². The van der Waals surface area contributed by atoms with E-state index in [1.807, 2.05) is 31.2 Å². The third kappa shape index (κ3) is 5.48. The van der Waals surface area contributed by atoms with Crippen LogP contribution in [0, 0.1) is 11.8 Å². The Balaban J connectivity index is 1.84. The van der Waals surface area contributed by atoms with E-state index in [0.717, 1.165) is 16.8 Å². The first kappa shape index (κ1) is 23.3. The molecule has 1 aliphatic rings. The molecule has 0 radical (unpaired) electrons. The molecular weight excluding hydrogens is 410 g/mol. The summed E-state index contributed by atoms with van der Waals surface area (Å²) in [5.41, 5.74) is 1.37. The van der Waals surface area contributed by atoms with E-state index in [0.29, 0.717) is 37.2 Å². The second kappa shape index (κ2) is 9.44. The van der Waals surface area contributed by atoms with Gasteiger partial charge in [0.25, 0.3) is 0 Å². The SMILES string of the molecule is CCC(O)C#Cc1cc(C(C)(C)O)ccc1N1CCC(S(=O)(=O)c2ccccc2)CC1. The van der Waals surface area contributed by atoms with E-state index in [2.05, 4.69) is 16.7 Å². The van der Waals surface area contributed by atoms with Crippen LogP contribution in [0.2, 0.25) is 0 Å². The average molecular weight is 442 g/mol. The molecule has 1 aliphatic heterocycles. The van der Waals surface area contributed by atoms with Crippen molar-refractivity contribution in [1.82, 2.24) is 0 Å². The highest BCUT2D eigenvalue weighted by Crippen LogP contribution is 2.31. The van der Waals surface area contributed by atoms with E-state index in [1.54, 1.807) is 38.1 Å². The fourth-order valence-electron chi connectivity index (χ4n) is 3.77. The first-order chi connectivity index (χ1) is 14.6. The number of aliphatic hydroxyl groups is 2. The lowest BCUT2D eigenvalue weighted by atomic mass is 9.95. The van der Waals surface area contributed by atoms with Gasteiger partial charge in [-0.05, 0) is 62.9 Å². The number of sulfone groups is 1. The largest absolute Gasteiger partial charge is 0.386 e. The van der Waals surface area contributed by atoms with Crippen molar-refractivity contribution in [2.24, 2.45) is 0 Å². The maximum Gasteiger partial charge on any atom is 0.181 e. The van der Waals surface area contributed by atoms with Gasteiger partial charge < -0.3 is 15.1 Å². The number of aliphatic hydroxyl groups excluding tert-OH is 1. The fourth-order valence-corrected chi connectivity index (χ4v) is 5.52. The second-order valence-electron chi connectivity index (χ2n) is 8.53. The van der Waals surface area contributed by atoms with Crippen LogP contribution in [0.1, 0.15) is 51.2 Å². The standard InChI is InChI=1S/C25H31NO4S/c1-4-21(27)12-10-19-18-20(25(2,3)28)11-13-24(19)26-16-14-23(15-17-26)31(29,30)22-8-6-5-7-9-22/h5-9,11,13,18,21,23,27-28H,4,14-17H2,1-3H3. The molecular formula is C25H31NO4S. The second-order valence-corrected chi connectivity index (χ2v) is 10.8. The van der Waals surface area contributed by atoms with Gasteiger partial charge in [-0.15, -0.1) is 0 Å². The zero-order valence-corrected chi connectivity index (χ0v) is 19.2. The zero-order chi connectivity index (χ0) is 22.6. The molecule has 3 rings (SSSR count). The normalized spacial score (nSPS) is 16.5. The van der Waals surface area contributed by atoms with E-state index in [4.69, 9.17) is 0 Å². The molecule has 1 fully saturated rings. The van der Waals surface area contributed by atoms with E-state index in [1.165, 1.54) is 0 Å². The summed E-state index contributed by atoms with van der Waals surface area (Å²) in [5, 5.41) is 19.9. The van der Waals surface area contributed by atoms with Crippen molar-refractivity contribution in [1.29, 1.82) is 0 Å². The van der Waals surface area contributed by atoms with Gasteiger partial charge in [0.1, 0.15) is 6.10 Å². The smallest absolute Gasteiger partial charge is 0.181 e. The van der Waals surface area contributed by atoms with Gasteiger partial charge in [0.05, 0.1) is 21.4 Å². The van der Waals surface area contributed by atoms with Gasteiger partial charge in [-0.1, -0.05) is 43.0 Å².